The van der Waals surface area contributed by atoms with E-state index in [1.165, 1.54) is 18.2 Å². The Morgan fingerprint density at radius 2 is 2.06 bits per heavy atom. The van der Waals surface area contributed by atoms with Crippen molar-refractivity contribution in [3.8, 4) is 0 Å². The maximum Gasteiger partial charge on any atom is 0.412 e. The van der Waals surface area contributed by atoms with Crippen LogP contribution in [0.4, 0.5) is 20.6 Å². The number of ether oxygens (including phenoxy) is 1. The third-order valence-electron chi connectivity index (χ3n) is 1.77. The number of nitrogens with two attached hydrogens (primary N) is 1. The highest BCUT2D eigenvalue weighted by Gasteiger charge is 2.16. The first-order valence-electron chi connectivity index (χ1n) is 5.08. The Kier molecular flexibility index (Phi) is 3.90. The first kappa shape index (κ1) is 13.2. The zero-order valence-electron chi connectivity index (χ0n) is 10.0. The summed E-state index contributed by atoms with van der Waals surface area (Å²) in [5, 5.41) is 2.48. The Morgan fingerprint density at radius 3 is 2.59 bits per heavy atom. The van der Waals surface area contributed by atoms with Gasteiger partial charge in [-0.15, -0.1) is 0 Å². The number of rotatable bonds is 2. The van der Waals surface area contributed by atoms with Crippen LogP contribution in [0, 0.1) is 5.82 Å². The molecule has 0 aliphatic heterocycles. The van der Waals surface area contributed by atoms with E-state index in [1.807, 2.05) is 0 Å². The number of amides is 1. The van der Waals surface area contributed by atoms with E-state index in [9.17, 15) is 9.18 Å². The van der Waals surface area contributed by atoms with Crippen molar-refractivity contribution in [1.29, 1.82) is 0 Å². The third kappa shape index (κ3) is 4.28. The Morgan fingerprint density at radius 1 is 1.41 bits per heavy atom. The lowest BCUT2D eigenvalue weighted by atomic mass is 10.2. The van der Waals surface area contributed by atoms with Gasteiger partial charge >= 0.3 is 6.09 Å². The van der Waals surface area contributed by atoms with E-state index in [0.29, 0.717) is 5.69 Å². The molecule has 1 rings (SSSR count). The van der Waals surface area contributed by atoms with Gasteiger partial charge in [0.25, 0.3) is 0 Å². The fourth-order valence-corrected chi connectivity index (χ4v) is 1.14. The Balaban J connectivity index is 2.72. The summed E-state index contributed by atoms with van der Waals surface area (Å²) < 4.78 is 18.1. The Bertz CT molecular complexity index is 416. The van der Waals surface area contributed by atoms with Crippen LogP contribution in [-0.4, -0.2) is 11.7 Å². The van der Waals surface area contributed by atoms with Gasteiger partial charge in [-0.3, -0.25) is 11.2 Å². The number of hydrogen-bond donors (Lipinski definition) is 3. The molecule has 0 saturated heterocycles. The highest BCUT2D eigenvalue weighted by Crippen LogP contribution is 2.19. The molecule has 5 nitrogen and oxygen atoms in total. The molecule has 0 aromatic heterocycles. The van der Waals surface area contributed by atoms with Gasteiger partial charge in [0.2, 0.25) is 0 Å². The van der Waals surface area contributed by atoms with Crippen LogP contribution in [0.1, 0.15) is 20.8 Å². The average molecular weight is 241 g/mol. The maximum atomic E-state index is 13.1. The second-order valence-corrected chi connectivity index (χ2v) is 4.47. The van der Waals surface area contributed by atoms with Gasteiger partial charge in [-0.25, -0.2) is 9.18 Å². The molecule has 0 spiro atoms. The zero-order chi connectivity index (χ0) is 13.1. The summed E-state index contributed by atoms with van der Waals surface area (Å²) in [6.45, 7) is 5.26. The molecule has 1 aromatic carbocycles. The molecule has 94 valence electrons. The minimum Gasteiger partial charge on any atom is -0.444 e. The van der Waals surface area contributed by atoms with Crippen molar-refractivity contribution < 1.29 is 13.9 Å². The molecule has 17 heavy (non-hydrogen) atoms. The lowest BCUT2D eigenvalue weighted by Gasteiger charge is -2.19. The number of carbonyl (C=O) groups is 1. The van der Waals surface area contributed by atoms with E-state index in [-0.39, 0.29) is 5.69 Å². The lowest BCUT2D eigenvalue weighted by Crippen LogP contribution is -2.27. The topological polar surface area (TPSA) is 76.4 Å². The summed E-state index contributed by atoms with van der Waals surface area (Å²) in [4.78, 5) is 11.4. The van der Waals surface area contributed by atoms with Crippen molar-refractivity contribution in [2.75, 3.05) is 10.7 Å². The van der Waals surface area contributed by atoms with Crippen molar-refractivity contribution >= 4 is 17.5 Å². The van der Waals surface area contributed by atoms with Crippen LogP contribution in [0.2, 0.25) is 0 Å². The van der Waals surface area contributed by atoms with Crippen molar-refractivity contribution in [3.63, 3.8) is 0 Å². The highest BCUT2D eigenvalue weighted by atomic mass is 19.1. The summed E-state index contributed by atoms with van der Waals surface area (Å²) in [6, 6.07) is 3.99. The minimum atomic E-state index is -0.605. The monoisotopic (exact) mass is 241 g/mol. The molecule has 6 heteroatoms. The predicted molar refractivity (Wildman–Crippen MR) is 64.1 cm³/mol. The van der Waals surface area contributed by atoms with Gasteiger partial charge in [0.1, 0.15) is 11.4 Å². The Hall–Kier alpha value is -1.82. The molecule has 0 aliphatic carbocycles. The standard InChI is InChI=1S/C11H16FN3O2/c1-11(2,3)17-10(16)14-7-4-5-8(12)9(6-7)15-13/h4-6,15H,13H2,1-3H3,(H,14,16). The quantitative estimate of drug-likeness (QED) is 0.549. The summed E-state index contributed by atoms with van der Waals surface area (Å²) in [7, 11) is 0. The average Bonchev–Trinajstić information content (AvgIpc) is 2.18. The van der Waals surface area contributed by atoms with E-state index in [1.54, 1.807) is 20.8 Å². The first-order chi connectivity index (χ1) is 7.81. The maximum absolute atomic E-state index is 13.1. The first-order valence-corrected chi connectivity index (χ1v) is 5.08. The smallest absolute Gasteiger partial charge is 0.412 e. The molecule has 0 saturated carbocycles. The highest BCUT2D eigenvalue weighted by molar-refractivity contribution is 5.85. The van der Waals surface area contributed by atoms with Crippen LogP contribution < -0.4 is 16.6 Å². The number of hydrazine groups is 1. The van der Waals surface area contributed by atoms with Crippen LogP contribution in [0.3, 0.4) is 0 Å². The molecule has 0 heterocycles. The number of carbonyl (C=O) groups excluding carboxylic acids is 1. The summed E-state index contributed by atoms with van der Waals surface area (Å²) >= 11 is 0. The number of nitrogen functional groups attached to an aromatic ring is 1. The van der Waals surface area contributed by atoms with E-state index in [0.717, 1.165) is 0 Å². The largest absolute Gasteiger partial charge is 0.444 e. The molecule has 0 bridgehead atoms. The van der Waals surface area contributed by atoms with Crippen LogP contribution in [-0.2, 0) is 4.74 Å². The number of anilines is 2. The molecule has 1 aromatic rings. The second kappa shape index (κ2) is 5.01. The van der Waals surface area contributed by atoms with Gasteiger partial charge in [-0.1, -0.05) is 0 Å². The van der Waals surface area contributed by atoms with Crippen molar-refractivity contribution in [3.05, 3.63) is 24.0 Å². The number of halogens is 1. The molecule has 0 atom stereocenters. The zero-order valence-corrected chi connectivity index (χ0v) is 10.0. The van der Waals surface area contributed by atoms with Gasteiger partial charge in [0.15, 0.2) is 0 Å². The summed E-state index contributed by atoms with van der Waals surface area (Å²) in [5.41, 5.74) is 2.10. The van der Waals surface area contributed by atoms with Gasteiger partial charge < -0.3 is 10.2 Å². The van der Waals surface area contributed by atoms with Crippen molar-refractivity contribution in [1.82, 2.24) is 0 Å². The lowest BCUT2D eigenvalue weighted by molar-refractivity contribution is 0.0636. The minimum absolute atomic E-state index is 0.0959. The van der Waals surface area contributed by atoms with Crippen LogP contribution >= 0.6 is 0 Å². The SMILES string of the molecule is CC(C)(C)OC(=O)Nc1ccc(F)c(NN)c1. The third-order valence-corrected chi connectivity index (χ3v) is 1.77. The van der Waals surface area contributed by atoms with E-state index in [4.69, 9.17) is 10.6 Å². The fourth-order valence-electron chi connectivity index (χ4n) is 1.14. The van der Waals surface area contributed by atoms with Crippen LogP contribution in [0.15, 0.2) is 18.2 Å². The van der Waals surface area contributed by atoms with E-state index < -0.39 is 17.5 Å². The second-order valence-electron chi connectivity index (χ2n) is 4.47. The normalized spacial score (nSPS) is 10.9. The molecule has 4 N–H and O–H groups in total. The molecule has 0 aliphatic rings. The molecule has 1 amide bonds. The van der Waals surface area contributed by atoms with Gasteiger partial charge in [-0.2, -0.15) is 0 Å². The fraction of sp³-hybridized carbons (Fsp3) is 0.364. The van der Waals surface area contributed by atoms with E-state index >= 15 is 0 Å². The number of nitrogens with one attached hydrogen (secondary N) is 2. The molecule has 0 unspecified atom stereocenters. The van der Waals surface area contributed by atoms with Gasteiger partial charge in [0.05, 0.1) is 5.69 Å². The van der Waals surface area contributed by atoms with Crippen LogP contribution in [0.5, 0.6) is 0 Å². The molecule has 0 radical (unpaired) electrons. The van der Waals surface area contributed by atoms with Crippen LogP contribution in [0.25, 0.3) is 0 Å². The van der Waals surface area contributed by atoms with Gasteiger partial charge in [-0.05, 0) is 39.0 Å². The predicted octanol–water partition coefficient (Wildman–Crippen LogP) is 2.46. The summed E-state index contributed by atoms with van der Waals surface area (Å²) in [6.07, 6.45) is -0.605. The van der Waals surface area contributed by atoms with Crippen molar-refractivity contribution in [2.24, 2.45) is 5.84 Å². The molecular weight excluding hydrogens is 225 g/mol. The number of hydrogen-bond acceptors (Lipinski definition) is 4. The Labute approximate surface area is 99.1 Å². The molecular formula is C11H16FN3O2. The van der Waals surface area contributed by atoms with Crippen molar-refractivity contribution in [2.45, 2.75) is 26.4 Å². The van der Waals surface area contributed by atoms with E-state index in [2.05, 4.69) is 10.7 Å². The summed E-state index contributed by atoms with van der Waals surface area (Å²) in [5.74, 6) is 4.62. The number of benzene rings is 1. The van der Waals surface area contributed by atoms with Gasteiger partial charge in [0, 0.05) is 5.69 Å². The molecule has 0 fully saturated rings.